The van der Waals surface area contributed by atoms with Crippen LogP contribution in [0.15, 0.2) is 24.3 Å². The van der Waals surface area contributed by atoms with Gasteiger partial charge in [-0.3, -0.25) is 0 Å². The van der Waals surface area contributed by atoms with E-state index in [0.717, 1.165) is 10.4 Å². The third kappa shape index (κ3) is 2.55. The van der Waals surface area contributed by atoms with Crippen LogP contribution in [0.1, 0.15) is 39.4 Å². The van der Waals surface area contributed by atoms with Crippen molar-refractivity contribution in [2.45, 2.75) is 46.4 Å². The molecule has 3 heteroatoms. The van der Waals surface area contributed by atoms with Crippen molar-refractivity contribution < 1.29 is 4.74 Å². The Kier molecular flexibility index (Phi) is 3.98. The molecule has 0 N–H and O–H groups in total. The van der Waals surface area contributed by atoms with Crippen LogP contribution < -0.4 is 0 Å². The summed E-state index contributed by atoms with van der Waals surface area (Å²) in [6.45, 7) is 9.09. The highest BCUT2D eigenvalue weighted by Crippen LogP contribution is 2.30. The van der Waals surface area contributed by atoms with Crippen molar-refractivity contribution in [1.29, 1.82) is 0 Å². The average molecular weight is 266 g/mol. The van der Waals surface area contributed by atoms with Gasteiger partial charge in [0.2, 0.25) is 0 Å². The Morgan fingerprint density at radius 2 is 1.94 bits per heavy atom. The Bertz CT molecular complexity index is 543. The molecule has 0 saturated carbocycles. The molecule has 0 spiro atoms. The molecule has 0 aliphatic rings. The normalized spacial score (nSPS) is 11.9. The third-order valence-electron chi connectivity index (χ3n) is 2.99. The van der Waals surface area contributed by atoms with E-state index < -0.39 is 0 Å². The fourth-order valence-electron chi connectivity index (χ4n) is 2.24. The summed E-state index contributed by atoms with van der Waals surface area (Å²) in [6.07, 6.45) is 0.235. The zero-order chi connectivity index (χ0) is 13.3. The van der Waals surface area contributed by atoms with E-state index in [2.05, 4.69) is 44.4 Å². The first-order valence-corrected chi connectivity index (χ1v) is 6.78. The van der Waals surface area contributed by atoms with Gasteiger partial charge in [0, 0.05) is 22.1 Å². The van der Waals surface area contributed by atoms with Crippen molar-refractivity contribution >= 4 is 22.5 Å². The third-order valence-corrected chi connectivity index (χ3v) is 3.32. The lowest BCUT2D eigenvalue weighted by Crippen LogP contribution is -2.09. The van der Waals surface area contributed by atoms with Gasteiger partial charge in [-0.25, -0.2) is 0 Å². The summed E-state index contributed by atoms with van der Waals surface area (Å²) in [6, 6.07) is 8.57. The second-order valence-electron chi connectivity index (χ2n) is 5.13. The maximum absolute atomic E-state index is 6.26. The van der Waals surface area contributed by atoms with Crippen molar-refractivity contribution in [1.82, 2.24) is 4.57 Å². The van der Waals surface area contributed by atoms with Gasteiger partial charge < -0.3 is 9.30 Å². The molecule has 0 fully saturated rings. The van der Waals surface area contributed by atoms with Gasteiger partial charge in [-0.1, -0.05) is 17.7 Å². The van der Waals surface area contributed by atoms with Crippen LogP contribution in [0.4, 0.5) is 0 Å². The minimum atomic E-state index is 0.235. The molecular formula is C15H20ClNO. The second kappa shape index (κ2) is 5.33. The van der Waals surface area contributed by atoms with Gasteiger partial charge in [0.1, 0.15) is 0 Å². The van der Waals surface area contributed by atoms with E-state index in [4.69, 9.17) is 16.3 Å². The molecular weight excluding hydrogens is 246 g/mol. The molecule has 0 radical (unpaired) electrons. The van der Waals surface area contributed by atoms with Crippen molar-refractivity contribution in [3.05, 3.63) is 35.0 Å². The van der Waals surface area contributed by atoms with Crippen LogP contribution >= 0.6 is 11.6 Å². The topological polar surface area (TPSA) is 14.2 Å². The van der Waals surface area contributed by atoms with Gasteiger partial charge in [0.25, 0.3) is 0 Å². The molecule has 1 heterocycles. The predicted octanol–water partition coefficient (Wildman–Crippen LogP) is 4.80. The molecule has 2 rings (SSSR count). The van der Waals surface area contributed by atoms with E-state index in [9.17, 15) is 0 Å². The van der Waals surface area contributed by atoms with Crippen molar-refractivity contribution in [2.24, 2.45) is 0 Å². The summed E-state index contributed by atoms with van der Waals surface area (Å²) < 4.78 is 8.02. The average Bonchev–Trinajstić information content (AvgIpc) is 2.66. The van der Waals surface area contributed by atoms with E-state index in [1.807, 2.05) is 12.1 Å². The standard InChI is InChI=1S/C15H20ClNO/c1-10(2)17-12(9-18-11(3)4)8-13-14(16)6-5-7-15(13)17/h5-8,10-11H,9H2,1-4H3. The highest BCUT2D eigenvalue weighted by Gasteiger charge is 2.13. The lowest BCUT2D eigenvalue weighted by atomic mass is 10.2. The quantitative estimate of drug-likeness (QED) is 0.774. The number of fused-ring (bicyclic) bond motifs is 1. The van der Waals surface area contributed by atoms with Gasteiger partial charge in [0.15, 0.2) is 0 Å². The zero-order valence-electron chi connectivity index (χ0n) is 11.4. The van der Waals surface area contributed by atoms with Crippen LogP contribution in [-0.2, 0) is 11.3 Å². The zero-order valence-corrected chi connectivity index (χ0v) is 12.2. The van der Waals surface area contributed by atoms with Crippen LogP contribution in [0, 0.1) is 0 Å². The minimum absolute atomic E-state index is 0.235. The van der Waals surface area contributed by atoms with E-state index in [1.54, 1.807) is 0 Å². The number of ether oxygens (including phenoxy) is 1. The summed E-state index contributed by atoms with van der Waals surface area (Å²) >= 11 is 6.26. The molecule has 98 valence electrons. The van der Waals surface area contributed by atoms with Crippen LogP contribution in [0.2, 0.25) is 5.02 Å². The molecule has 2 aromatic rings. The molecule has 0 unspecified atom stereocenters. The van der Waals surface area contributed by atoms with E-state index >= 15 is 0 Å². The lowest BCUT2D eigenvalue weighted by molar-refractivity contribution is 0.0615. The Morgan fingerprint density at radius 1 is 1.22 bits per heavy atom. The van der Waals surface area contributed by atoms with E-state index in [1.165, 1.54) is 11.2 Å². The van der Waals surface area contributed by atoms with Gasteiger partial charge in [-0.15, -0.1) is 0 Å². The van der Waals surface area contributed by atoms with Crippen molar-refractivity contribution in [3.8, 4) is 0 Å². The van der Waals surface area contributed by atoms with Gasteiger partial charge in [-0.05, 0) is 45.9 Å². The summed E-state index contributed by atoms with van der Waals surface area (Å²) in [5.74, 6) is 0. The molecule has 0 saturated heterocycles. The van der Waals surface area contributed by atoms with Crippen LogP contribution in [0.25, 0.3) is 10.9 Å². The second-order valence-corrected chi connectivity index (χ2v) is 5.54. The molecule has 0 aliphatic carbocycles. The summed E-state index contributed by atoms with van der Waals surface area (Å²) in [5, 5.41) is 1.91. The number of rotatable bonds is 4. The monoisotopic (exact) mass is 265 g/mol. The first-order valence-electron chi connectivity index (χ1n) is 6.40. The lowest BCUT2D eigenvalue weighted by Gasteiger charge is -2.16. The van der Waals surface area contributed by atoms with E-state index in [0.29, 0.717) is 12.6 Å². The minimum Gasteiger partial charge on any atom is -0.373 e. The fourth-order valence-corrected chi connectivity index (χ4v) is 2.47. The summed E-state index contributed by atoms with van der Waals surface area (Å²) in [7, 11) is 0. The van der Waals surface area contributed by atoms with Crippen molar-refractivity contribution in [2.75, 3.05) is 0 Å². The number of halogens is 1. The maximum Gasteiger partial charge on any atom is 0.0871 e. The Labute approximate surface area is 114 Å². The molecule has 0 amide bonds. The Morgan fingerprint density at radius 3 is 2.56 bits per heavy atom. The van der Waals surface area contributed by atoms with Crippen LogP contribution in [0.5, 0.6) is 0 Å². The SMILES string of the molecule is CC(C)OCc1cc2c(Cl)cccc2n1C(C)C. The Hall–Kier alpha value is -0.990. The predicted molar refractivity (Wildman–Crippen MR) is 77.3 cm³/mol. The molecule has 2 nitrogen and oxygen atoms in total. The molecule has 18 heavy (non-hydrogen) atoms. The first-order chi connectivity index (χ1) is 8.50. The van der Waals surface area contributed by atoms with E-state index in [-0.39, 0.29) is 6.10 Å². The van der Waals surface area contributed by atoms with Gasteiger partial charge in [-0.2, -0.15) is 0 Å². The molecule has 0 aliphatic heterocycles. The first kappa shape index (κ1) is 13.4. The molecule has 1 aromatic heterocycles. The van der Waals surface area contributed by atoms with Crippen LogP contribution in [-0.4, -0.2) is 10.7 Å². The number of hydrogen-bond acceptors (Lipinski definition) is 1. The van der Waals surface area contributed by atoms with Crippen LogP contribution in [0.3, 0.4) is 0 Å². The number of benzene rings is 1. The largest absolute Gasteiger partial charge is 0.373 e. The number of aromatic nitrogens is 1. The van der Waals surface area contributed by atoms with Gasteiger partial charge >= 0.3 is 0 Å². The van der Waals surface area contributed by atoms with Gasteiger partial charge in [0.05, 0.1) is 18.2 Å². The molecule has 0 bridgehead atoms. The molecule has 0 atom stereocenters. The Balaban J connectivity index is 2.51. The van der Waals surface area contributed by atoms with Crippen molar-refractivity contribution in [3.63, 3.8) is 0 Å². The maximum atomic E-state index is 6.26. The highest BCUT2D eigenvalue weighted by atomic mass is 35.5. The highest BCUT2D eigenvalue weighted by molar-refractivity contribution is 6.35. The number of hydrogen-bond donors (Lipinski definition) is 0. The summed E-state index contributed by atoms with van der Waals surface area (Å²) in [4.78, 5) is 0. The number of nitrogens with zero attached hydrogens (tertiary/aromatic N) is 1. The fraction of sp³-hybridized carbons (Fsp3) is 0.467. The molecule has 1 aromatic carbocycles. The smallest absolute Gasteiger partial charge is 0.0871 e. The summed E-state index contributed by atoms with van der Waals surface area (Å²) in [5.41, 5.74) is 2.36.